The molecule has 0 radical (unpaired) electrons. The highest BCUT2D eigenvalue weighted by atomic mass is 16.6. The Kier molecular flexibility index (Phi) is 4.85. The first-order valence-corrected chi connectivity index (χ1v) is 7.82. The second kappa shape index (κ2) is 6.43. The van der Waals surface area contributed by atoms with E-state index >= 15 is 0 Å². The number of hydrogen-bond acceptors (Lipinski definition) is 2. The summed E-state index contributed by atoms with van der Waals surface area (Å²) < 4.78 is 0. The van der Waals surface area contributed by atoms with E-state index in [9.17, 15) is 0 Å². The summed E-state index contributed by atoms with van der Waals surface area (Å²) in [6.45, 7) is 8.83. The molecule has 1 aliphatic carbocycles. The smallest absolute Gasteiger partial charge is 0.139 e. The van der Waals surface area contributed by atoms with Crippen LogP contribution in [0.25, 0.3) is 0 Å². The third-order valence-electron chi connectivity index (χ3n) is 4.29. The van der Waals surface area contributed by atoms with Crippen molar-refractivity contribution >= 4 is 5.71 Å². The van der Waals surface area contributed by atoms with Gasteiger partial charge in [0.2, 0.25) is 0 Å². The zero-order chi connectivity index (χ0) is 14.6. The number of nitrogens with zero attached hydrogens (tertiary/aromatic N) is 1. The van der Waals surface area contributed by atoms with Crippen LogP contribution in [0.5, 0.6) is 0 Å². The summed E-state index contributed by atoms with van der Waals surface area (Å²) in [5.41, 5.74) is 3.92. The van der Waals surface area contributed by atoms with E-state index < -0.39 is 0 Å². The summed E-state index contributed by atoms with van der Waals surface area (Å²) in [5, 5.41) is 4.29. The lowest BCUT2D eigenvalue weighted by atomic mass is 9.89. The summed E-state index contributed by atoms with van der Waals surface area (Å²) in [6.07, 6.45) is 14.1. The number of oxime groups is 1. The van der Waals surface area contributed by atoms with Crippen molar-refractivity contribution in [3.63, 3.8) is 0 Å². The van der Waals surface area contributed by atoms with Gasteiger partial charge in [-0.2, -0.15) is 0 Å². The highest BCUT2D eigenvalue weighted by Gasteiger charge is 2.31. The Bertz CT molecular complexity index is 468. The average Bonchev–Trinajstić information content (AvgIpc) is 2.65. The average molecular weight is 273 g/mol. The quantitative estimate of drug-likeness (QED) is 0.691. The fraction of sp³-hybridized carbons (Fsp3) is 0.611. The molecule has 0 saturated carbocycles. The van der Waals surface area contributed by atoms with Crippen molar-refractivity contribution in [3.8, 4) is 0 Å². The molecule has 0 bridgehead atoms. The Balaban J connectivity index is 2.00. The Hall–Kier alpha value is -1.31. The van der Waals surface area contributed by atoms with Crippen molar-refractivity contribution < 1.29 is 4.84 Å². The first-order chi connectivity index (χ1) is 9.52. The van der Waals surface area contributed by atoms with E-state index in [2.05, 4.69) is 57.2 Å². The first-order valence-electron chi connectivity index (χ1n) is 7.82. The van der Waals surface area contributed by atoms with Crippen molar-refractivity contribution in [1.29, 1.82) is 0 Å². The zero-order valence-electron chi connectivity index (χ0n) is 13.3. The van der Waals surface area contributed by atoms with Crippen LogP contribution in [0.1, 0.15) is 59.8 Å². The van der Waals surface area contributed by atoms with Gasteiger partial charge >= 0.3 is 0 Å². The molecule has 0 N–H and O–H groups in total. The molecule has 1 atom stereocenters. The van der Waals surface area contributed by atoms with Gasteiger partial charge in [-0.3, -0.25) is 0 Å². The van der Waals surface area contributed by atoms with Gasteiger partial charge in [0.25, 0.3) is 0 Å². The molecule has 110 valence electrons. The Morgan fingerprint density at radius 1 is 1.40 bits per heavy atom. The van der Waals surface area contributed by atoms with Crippen LogP contribution in [0.3, 0.4) is 0 Å². The predicted molar refractivity (Wildman–Crippen MR) is 85.8 cm³/mol. The topological polar surface area (TPSA) is 21.6 Å². The minimum absolute atomic E-state index is 0.142. The Labute approximate surface area is 123 Å². The van der Waals surface area contributed by atoms with E-state index in [1.807, 2.05) is 0 Å². The Morgan fingerprint density at radius 2 is 2.20 bits per heavy atom. The number of allylic oxidation sites excluding steroid dienone is 5. The lowest BCUT2D eigenvalue weighted by molar-refractivity contribution is -0.0427. The van der Waals surface area contributed by atoms with Crippen LogP contribution in [-0.2, 0) is 4.84 Å². The van der Waals surface area contributed by atoms with Crippen LogP contribution >= 0.6 is 0 Å². The van der Waals surface area contributed by atoms with Crippen LogP contribution in [0, 0.1) is 5.92 Å². The maximum Gasteiger partial charge on any atom is 0.139 e. The lowest BCUT2D eigenvalue weighted by Gasteiger charge is -2.31. The molecule has 0 aromatic heterocycles. The van der Waals surface area contributed by atoms with E-state index in [4.69, 9.17) is 4.84 Å². The fourth-order valence-electron chi connectivity index (χ4n) is 2.71. The van der Waals surface area contributed by atoms with Crippen molar-refractivity contribution in [2.24, 2.45) is 11.1 Å². The monoisotopic (exact) mass is 273 g/mol. The summed E-state index contributed by atoms with van der Waals surface area (Å²) in [6, 6.07) is 0. The second-order valence-corrected chi connectivity index (χ2v) is 6.47. The fourth-order valence-corrected chi connectivity index (χ4v) is 2.71. The first kappa shape index (κ1) is 15.1. The van der Waals surface area contributed by atoms with E-state index in [1.54, 1.807) is 0 Å². The molecule has 1 heterocycles. The minimum atomic E-state index is -0.142. The van der Waals surface area contributed by atoms with Gasteiger partial charge in [-0.05, 0) is 44.1 Å². The highest BCUT2D eigenvalue weighted by Crippen LogP contribution is 2.32. The predicted octanol–water partition coefficient (Wildman–Crippen LogP) is 5.18. The molecule has 1 unspecified atom stereocenters. The summed E-state index contributed by atoms with van der Waals surface area (Å²) in [5.74, 6) is 0.619. The van der Waals surface area contributed by atoms with Crippen molar-refractivity contribution in [2.75, 3.05) is 0 Å². The molecule has 2 rings (SSSR count). The van der Waals surface area contributed by atoms with Gasteiger partial charge in [-0.1, -0.05) is 55.8 Å². The summed E-state index contributed by atoms with van der Waals surface area (Å²) in [7, 11) is 0. The van der Waals surface area contributed by atoms with Gasteiger partial charge in [0.15, 0.2) is 0 Å². The second-order valence-electron chi connectivity index (χ2n) is 6.47. The third kappa shape index (κ3) is 3.84. The molecular weight excluding hydrogens is 246 g/mol. The molecule has 2 aliphatic rings. The van der Waals surface area contributed by atoms with Crippen LogP contribution in [0.2, 0.25) is 0 Å². The zero-order valence-corrected chi connectivity index (χ0v) is 13.3. The molecule has 0 aromatic rings. The van der Waals surface area contributed by atoms with E-state index in [0.29, 0.717) is 5.92 Å². The molecule has 0 saturated heterocycles. The van der Waals surface area contributed by atoms with E-state index in [0.717, 1.165) is 32.1 Å². The van der Waals surface area contributed by atoms with Crippen LogP contribution in [0.15, 0.2) is 40.6 Å². The molecular formula is C18H27NO. The van der Waals surface area contributed by atoms with Gasteiger partial charge in [-0.15, -0.1) is 0 Å². The maximum absolute atomic E-state index is 5.78. The summed E-state index contributed by atoms with van der Waals surface area (Å²) >= 11 is 0. The molecule has 0 spiro atoms. The normalized spacial score (nSPS) is 26.6. The number of rotatable bonds is 4. The Morgan fingerprint density at radius 3 is 2.80 bits per heavy atom. The lowest BCUT2D eigenvalue weighted by Crippen LogP contribution is -2.32. The minimum Gasteiger partial charge on any atom is -0.389 e. The molecule has 0 fully saturated rings. The molecule has 1 aliphatic heterocycles. The van der Waals surface area contributed by atoms with Gasteiger partial charge in [0, 0.05) is 6.42 Å². The third-order valence-corrected chi connectivity index (χ3v) is 4.29. The maximum atomic E-state index is 5.78. The largest absolute Gasteiger partial charge is 0.389 e. The van der Waals surface area contributed by atoms with Crippen LogP contribution < -0.4 is 0 Å². The van der Waals surface area contributed by atoms with Gasteiger partial charge in [-0.25, -0.2) is 0 Å². The molecule has 2 nitrogen and oxygen atoms in total. The van der Waals surface area contributed by atoms with Gasteiger partial charge in [0.05, 0.1) is 5.71 Å². The van der Waals surface area contributed by atoms with Crippen molar-refractivity contribution in [3.05, 3.63) is 35.5 Å². The van der Waals surface area contributed by atoms with Gasteiger partial charge in [0.1, 0.15) is 5.60 Å². The van der Waals surface area contributed by atoms with Crippen molar-refractivity contribution in [2.45, 2.75) is 65.4 Å². The van der Waals surface area contributed by atoms with Crippen LogP contribution in [-0.4, -0.2) is 11.3 Å². The standard InChI is InChI=1S/C18H27NO/c1-5-17-11-12-18(4,20-19-17)13-15-7-6-8-16(10-9-15)14(2)3/h6-9,14H,5,10-13H2,1-4H3. The van der Waals surface area contributed by atoms with E-state index in [-0.39, 0.29) is 5.60 Å². The SMILES string of the molecule is CCC1=NOC(C)(CC2=CCC(C(C)C)=CC=C2)CC1. The highest BCUT2D eigenvalue weighted by molar-refractivity contribution is 5.84. The summed E-state index contributed by atoms with van der Waals surface area (Å²) in [4.78, 5) is 5.78. The van der Waals surface area contributed by atoms with E-state index in [1.165, 1.54) is 16.9 Å². The van der Waals surface area contributed by atoms with Gasteiger partial charge < -0.3 is 4.84 Å². The van der Waals surface area contributed by atoms with Crippen LogP contribution in [0.4, 0.5) is 0 Å². The molecule has 0 aromatic carbocycles. The molecule has 20 heavy (non-hydrogen) atoms. The number of hydrogen-bond donors (Lipinski definition) is 0. The molecule has 0 amide bonds. The van der Waals surface area contributed by atoms with Crippen molar-refractivity contribution in [1.82, 2.24) is 0 Å². The molecule has 2 heteroatoms.